The molecule has 0 aliphatic rings. The third kappa shape index (κ3) is 4.15. The van der Waals surface area contributed by atoms with Gasteiger partial charge in [0, 0.05) is 19.8 Å². The average molecular weight is 273 g/mol. The molecule has 6 nitrogen and oxygen atoms in total. The molecule has 1 aromatic rings. The number of nitrogens with one attached hydrogen (secondary N) is 1. The number of nitrogens with two attached hydrogens (primary N) is 1. The summed E-state index contributed by atoms with van der Waals surface area (Å²) < 4.78 is 14.1. The third-order valence-corrected chi connectivity index (χ3v) is 2.97. The van der Waals surface area contributed by atoms with Crippen LogP contribution in [0.5, 0.6) is 0 Å². The van der Waals surface area contributed by atoms with E-state index in [0.29, 0.717) is 36.9 Å². The maximum Gasteiger partial charge on any atom is 0.344 e. The number of carbonyl (C=O) groups excluding carboxylic acids is 1. The lowest BCUT2D eigenvalue weighted by molar-refractivity contribution is 0.0529. The number of hydrogen-bond acceptors (Lipinski definition) is 7. The average Bonchev–Trinajstić information content (AvgIpc) is 2.71. The molecule has 0 amide bonds. The Bertz CT molecular complexity index is 382. The van der Waals surface area contributed by atoms with E-state index in [1.165, 1.54) is 11.5 Å². The normalized spacial score (nSPS) is 10.3. The van der Waals surface area contributed by atoms with Crippen molar-refractivity contribution >= 4 is 28.3 Å². The lowest BCUT2D eigenvalue weighted by Gasteiger charge is -2.06. The Labute approximate surface area is 111 Å². The van der Waals surface area contributed by atoms with Crippen molar-refractivity contribution in [2.24, 2.45) is 0 Å². The summed E-state index contributed by atoms with van der Waals surface area (Å²) in [5.41, 5.74) is 5.99. The van der Waals surface area contributed by atoms with Crippen molar-refractivity contribution < 1.29 is 14.3 Å². The number of nitrogen functional groups attached to an aromatic ring is 1. The molecular formula is C11H19N3O3S. The van der Waals surface area contributed by atoms with Crippen molar-refractivity contribution in [3.8, 4) is 0 Å². The molecule has 0 aromatic carbocycles. The van der Waals surface area contributed by atoms with Gasteiger partial charge in [-0.15, -0.1) is 0 Å². The monoisotopic (exact) mass is 273 g/mol. The minimum atomic E-state index is -0.434. The van der Waals surface area contributed by atoms with Gasteiger partial charge >= 0.3 is 5.97 Å². The van der Waals surface area contributed by atoms with E-state index < -0.39 is 5.97 Å². The molecular weight excluding hydrogens is 254 g/mol. The summed E-state index contributed by atoms with van der Waals surface area (Å²) in [4.78, 5) is 11.7. The van der Waals surface area contributed by atoms with E-state index in [1.54, 1.807) is 6.92 Å². The highest BCUT2D eigenvalue weighted by atomic mass is 32.1. The fourth-order valence-corrected chi connectivity index (χ4v) is 2.07. The largest absolute Gasteiger partial charge is 0.462 e. The first kappa shape index (κ1) is 14.7. The fourth-order valence-electron chi connectivity index (χ4n) is 1.34. The van der Waals surface area contributed by atoms with Crippen molar-refractivity contribution in [2.45, 2.75) is 20.3 Å². The number of ether oxygens (including phenoxy) is 2. The molecule has 3 N–H and O–H groups in total. The molecule has 0 fully saturated rings. The summed E-state index contributed by atoms with van der Waals surface area (Å²) >= 11 is 1.17. The van der Waals surface area contributed by atoms with Gasteiger partial charge < -0.3 is 20.5 Å². The zero-order valence-electron chi connectivity index (χ0n) is 10.7. The van der Waals surface area contributed by atoms with Crippen molar-refractivity contribution in [3.05, 3.63) is 5.56 Å². The molecule has 0 atom stereocenters. The smallest absolute Gasteiger partial charge is 0.344 e. The Kier molecular flexibility index (Phi) is 6.45. The van der Waals surface area contributed by atoms with Crippen LogP contribution in [0, 0.1) is 0 Å². The number of hydrogen-bond donors (Lipinski definition) is 2. The van der Waals surface area contributed by atoms with Crippen LogP contribution in [0.1, 0.15) is 30.6 Å². The predicted molar refractivity (Wildman–Crippen MR) is 72.1 cm³/mol. The molecule has 18 heavy (non-hydrogen) atoms. The van der Waals surface area contributed by atoms with Crippen LogP contribution < -0.4 is 11.1 Å². The molecule has 1 rings (SSSR count). The minimum absolute atomic E-state index is 0.214. The molecule has 0 spiro atoms. The summed E-state index contributed by atoms with van der Waals surface area (Å²) in [7, 11) is 0. The Morgan fingerprint density at radius 1 is 1.44 bits per heavy atom. The SMILES string of the molecule is CCOCCCNc1snc(N)c1C(=O)OCC. The van der Waals surface area contributed by atoms with Gasteiger partial charge in [0.2, 0.25) is 0 Å². The molecule has 0 radical (unpaired) electrons. The van der Waals surface area contributed by atoms with Gasteiger partial charge in [-0.2, -0.15) is 4.37 Å². The topological polar surface area (TPSA) is 86.5 Å². The number of esters is 1. The molecule has 0 saturated heterocycles. The summed E-state index contributed by atoms with van der Waals surface area (Å²) in [6.45, 7) is 6.12. The molecule has 0 unspecified atom stereocenters. The quantitative estimate of drug-likeness (QED) is 0.554. The van der Waals surface area contributed by atoms with Gasteiger partial charge in [-0.25, -0.2) is 4.79 Å². The van der Waals surface area contributed by atoms with Gasteiger partial charge in [0.05, 0.1) is 6.61 Å². The van der Waals surface area contributed by atoms with Crippen molar-refractivity contribution in [2.75, 3.05) is 37.4 Å². The Morgan fingerprint density at radius 3 is 2.89 bits per heavy atom. The van der Waals surface area contributed by atoms with E-state index in [4.69, 9.17) is 15.2 Å². The van der Waals surface area contributed by atoms with E-state index in [9.17, 15) is 4.79 Å². The van der Waals surface area contributed by atoms with Crippen LogP contribution >= 0.6 is 11.5 Å². The molecule has 1 aromatic heterocycles. The highest BCUT2D eigenvalue weighted by molar-refractivity contribution is 7.11. The molecule has 0 saturated carbocycles. The van der Waals surface area contributed by atoms with Crippen LogP contribution in [-0.4, -0.2) is 36.7 Å². The summed E-state index contributed by atoms with van der Waals surface area (Å²) in [6, 6.07) is 0. The molecule has 0 bridgehead atoms. The zero-order chi connectivity index (χ0) is 13.4. The van der Waals surface area contributed by atoms with Crippen molar-refractivity contribution in [1.82, 2.24) is 4.37 Å². The van der Waals surface area contributed by atoms with Gasteiger partial charge in [0.15, 0.2) is 5.82 Å². The standard InChI is InChI=1S/C11H19N3O3S/c1-3-16-7-5-6-13-10-8(9(12)14-18-10)11(15)17-4-2/h13H,3-7H2,1-2H3,(H2,12,14). The molecule has 1 heterocycles. The molecule has 0 aliphatic carbocycles. The second kappa shape index (κ2) is 7.88. The van der Waals surface area contributed by atoms with E-state index in [2.05, 4.69) is 9.69 Å². The highest BCUT2D eigenvalue weighted by Gasteiger charge is 2.19. The lowest BCUT2D eigenvalue weighted by Crippen LogP contribution is -2.11. The van der Waals surface area contributed by atoms with E-state index in [-0.39, 0.29) is 5.82 Å². The summed E-state index contributed by atoms with van der Waals surface area (Å²) in [6.07, 6.45) is 0.855. The fraction of sp³-hybridized carbons (Fsp3) is 0.636. The van der Waals surface area contributed by atoms with Gasteiger partial charge in [0.1, 0.15) is 10.6 Å². The molecule has 7 heteroatoms. The highest BCUT2D eigenvalue weighted by Crippen LogP contribution is 2.27. The van der Waals surface area contributed by atoms with E-state index >= 15 is 0 Å². The zero-order valence-corrected chi connectivity index (χ0v) is 11.5. The van der Waals surface area contributed by atoms with Gasteiger partial charge in [-0.05, 0) is 31.8 Å². The number of carbonyl (C=O) groups is 1. The van der Waals surface area contributed by atoms with Gasteiger partial charge in [-0.3, -0.25) is 0 Å². The number of nitrogens with zero attached hydrogens (tertiary/aromatic N) is 1. The van der Waals surface area contributed by atoms with E-state index in [0.717, 1.165) is 6.42 Å². The van der Waals surface area contributed by atoms with Crippen LogP contribution in [0.2, 0.25) is 0 Å². The first-order valence-corrected chi connectivity index (χ1v) is 6.71. The Morgan fingerprint density at radius 2 is 2.22 bits per heavy atom. The van der Waals surface area contributed by atoms with Crippen molar-refractivity contribution in [1.29, 1.82) is 0 Å². The summed E-state index contributed by atoms with van der Waals surface area (Å²) in [5, 5.41) is 3.78. The Hall–Kier alpha value is -1.34. The first-order chi connectivity index (χ1) is 8.70. The third-order valence-electron chi connectivity index (χ3n) is 2.15. The van der Waals surface area contributed by atoms with Crippen LogP contribution in [-0.2, 0) is 9.47 Å². The van der Waals surface area contributed by atoms with Crippen LogP contribution in [0.25, 0.3) is 0 Å². The number of anilines is 2. The second-order valence-electron chi connectivity index (χ2n) is 3.47. The number of rotatable bonds is 8. The lowest BCUT2D eigenvalue weighted by atomic mass is 10.3. The maximum absolute atomic E-state index is 11.7. The van der Waals surface area contributed by atoms with Gasteiger partial charge in [-0.1, -0.05) is 0 Å². The van der Waals surface area contributed by atoms with Crippen LogP contribution in [0.4, 0.5) is 10.8 Å². The summed E-state index contributed by atoms with van der Waals surface area (Å²) in [5.74, 6) is -0.221. The minimum Gasteiger partial charge on any atom is -0.462 e. The molecule has 102 valence electrons. The maximum atomic E-state index is 11.7. The Balaban J connectivity index is 2.52. The van der Waals surface area contributed by atoms with Crippen molar-refractivity contribution in [3.63, 3.8) is 0 Å². The van der Waals surface area contributed by atoms with E-state index in [1.807, 2.05) is 6.92 Å². The van der Waals surface area contributed by atoms with Gasteiger partial charge in [0.25, 0.3) is 0 Å². The molecule has 0 aliphatic heterocycles. The predicted octanol–water partition coefficient (Wildman–Crippen LogP) is 1.74. The number of aromatic nitrogens is 1. The second-order valence-corrected chi connectivity index (χ2v) is 4.24. The van der Waals surface area contributed by atoms with Crippen LogP contribution in [0.3, 0.4) is 0 Å². The van der Waals surface area contributed by atoms with Crippen LogP contribution in [0.15, 0.2) is 0 Å². The first-order valence-electron chi connectivity index (χ1n) is 5.94.